The van der Waals surface area contributed by atoms with E-state index in [0.717, 1.165) is 10.4 Å². The molecule has 0 fully saturated rings. The summed E-state index contributed by atoms with van der Waals surface area (Å²) in [5, 5.41) is 19.9. The lowest BCUT2D eigenvalue weighted by molar-refractivity contribution is -0.991. The number of aryl methyl sites for hydroxylation is 2. The molecular weight excluding hydrogens is 460 g/mol. The largest absolute Gasteiger partial charge is 0.595 e. The van der Waals surface area contributed by atoms with Crippen LogP contribution in [0.3, 0.4) is 0 Å². The molecule has 9 nitrogen and oxygen atoms in total. The number of hydrogen-bond donors (Lipinski definition) is 2. The molecule has 0 spiro atoms. The molecule has 176 valence electrons. The molecule has 1 unspecified atom stereocenters. The van der Waals surface area contributed by atoms with E-state index in [-0.39, 0.29) is 16.9 Å². The third-order valence-corrected chi connectivity index (χ3v) is 6.09. The first kappa shape index (κ1) is 23.6. The highest BCUT2D eigenvalue weighted by molar-refractivity contribution is 7.14. The molecule has 2 atom stereocenters. The zero-order valence-electron chi connectivity index (χ0n) is 18.7. The van der Waals surface area contributed by atoms with Gasteiger partial charge < -0.3 is 19.1 Å². The average molecular weight is 483 g/mol. The van der Waals surface area contributed by atoms with E-state index in [1.165, 1.54) is 41.9 Å². The Balaban J connectivity index is 1.57. The minimum Gasteiger partial charge on any atom is -0.595 e. The number of carbonyl (C=O) groups excluding carboxylic acids is 1. The molecule has 0 aliphatic heterocycles. The quantitative estimate of drug-likeness (QED) is 0.233. The average Bonchev–Trinajstić information content (AvgIpc) is 3.25. The summed E-state index contributed by atoms with van der Waals surface area (Å²) >= 11 is 1.41. The molecule has 0 aliphatic rings. The van der Waals surface area contributed by atoms with Gasteiger partial charge in [0.05, 0.1) is 10.9 Å². The number of fused-ring (bicyclic) bond motifs is 1. The summed E-state index contributed by atoms with van der Waals surface area (Å²) in [6.45, 7) is 5.37. The van der Waals surface area contributed by atoms with E-state index in [9.17, 15) is 14.8 Å². The number of esters is 1. The van der Waals surface area contributed by atoms with Gasteiger partial charge >= 0.3 is 5.97 Å². The van der Waals surface area contributed by atoms with Crippen LogP contribution in [0.5, 0.6) is 11.5 Å². The van der Waals surface area contributed by atoms with E-state index in [2.05, 4.69) is 4.98 Å². The van der Waals surface area contributed by atoms with Crippen molar-refractivity contribution in [1.29, 1.82) is 0 Å². The maximum Gasteiger partial charge on any atom is 0.352 e. The molecule has 2 heterocycles. The van der Waals surface area contributed by atoms with E-state index in [1.54, 1.807) is 25.3 Å². The Morgan fingerprint density at radius 2 is 2.03 bits per heavy atom. The van der Waals surface area contributed by atoms with Gasteiger partial charge in [-0.3, -0.25) is 4.79 Å². The maximum atomic E-state index is 13.1. The van der Waals surface area contributed by atoms with Crippen molar-refractivity contribution in [1.82, 2.24) is 4.98 Å². The third kappa shape index (κ3) is 4.85. The van der Waals surface area contributed by atoms with Crippen LogP contribution in [0, 0.1) is 12.1 Å². The first-order chi connectivity index (χ1) is 16.3. The van der Waals surface area contributed by atoms with Crippen molar-refractivity contribution in [3.05, 3.63) is 74.7 Å². The zero-order valence-corrected chi connectivity index (χ0v) is 19.5. The number of benzene rings is 2. The molecule has 2 N–H and O–H groups in total. The van der Waals surface area contributed by atoms with Gasteiger partial charge in [-0.2, -0.15) is 5.23 Å². The highest BCUT2D eigenvalue weighted by Gasteiger charge is 2.21. The molecule has 4 rings (SSSR count). The smallest absolute Gasteiger partial charge is 0.352 e. The summed E-state index contributed by atoms with van der Waals surface area (Å²) in [6, 6.07) is 8.80. The van der Waals surface area contributed by atoms with E-state index in [4.69, 9.17) is 19.1 Å². The van der Waals surface area contributed by atoms with Gasteiger partial charge in [0.25, 0.3) is 0 Å². The van der Waals surface area contributed by atoms with Gasteiger partial charge in [-0.05, 0) is 44.0 Å². The lowest BCUT2D eigenvalue weighted by Crippen LogP contribution is -2.99. The molecule has 0 bridgehead atoms. The first-order valence-corrected chi connectivity index (χ1v) is 11.3. The fourth-order valence-corrected chi connectivity index (χ4v) is 4.08. The maximum absolute atomic E-state index is 13.1. The van der Waals surface area contributed by atoms with Crippen LogP contribution in [0.25, 0.3) is 21.5 Å². The number of nitrogens with zero attached hydrogens (tertiary/aromatic N) is 1. The monoisotopic (exact) mass is 482 g/mol. The molecule has 0 saturated carbocycles. The number of carbonyl (C=O) groups is 1. The summed E-state index contributed by atoms with van der Waals surface area (Å²) in [5.41, 5.74) is 1.36. The second kappa shape index (κ2) is 9.74. The summed E-state index contributed by atoms with van der Waals surface area (Å²) in [6.07, 6.45) is 2.69. The van der Waals surface area contributed by atoms with Gasteiger partial charge in [-0.15, -0.1) is 11.3 Å². The van der Waals surface area contributed by atoms with Crippen molar-refractivity contribution in [3.8, 4) is 22.1 Å². The number of thiazole rings is 1. The van der Waals surface area contributed by atoms with Crippen LogP contribution >= 0.6 is 11.3 Å². The topological polar surface area (TPSA) is 126 Å². The minimum atomic E-state index is -1.07. The predicted molar refractivity (Wildman–Crippen MR) is 126 cm³/mol. The molecule has 4 aromatic rings. The van der Waals surface area contributed by atoms with Crippen LogP contribution < -0.4 is 20.1 Å². The van der Waals surface area contributed by atoms with Gasteiger partial charge in [-0.1, -0.05) is 6.92 Å². The highest BCUT2D eigenvalue weighted by Crippen LogP contribution is 2.29. The summed E-state index contributed by atoms with van der Waals surface area (Å²) < 4.78 is 16.9. The summed E-state index contributed by atoms with van der Waals surface area (Å²) in [7, 11) is 0. The summed E-state index contributed by atoms with van der Waals surface area (Å²) in [4.78, 5) is 30.9. The lowest BCUT2D eigenvalue weighted by atomic mass is 10.1. The van der Waals surface area contributed by atoms with Gasteiger partial charge in [0, 0.05) is 29.3 Å². The van der Waals surface area contributed by atoms with Crippen molar-refractivity contribution >= 4 is 34.0 Å². The van der Waals surface area contributed by atoms with Crippen molar-refractivity contribution in [2.45, 2.75) is 33.3 Å². The molecule has 0 amide bonds. The second-order valence-electron chi connectivity index (χ2n) is 7.57. The van der Waals surface area contributed by atoms with E-state index < -0.39 is 17.3 Å². The van der Waals surface area contributed by atoms with Crippen LogP contribution in [-0.4, -0.2) is 22.3 Å². The number of hydrogen-bond acceptors (Lipinski definition) is 9. The molecule has 0 radical (unpaired) electrons. The Labute approximate surface area is 198 Å². The highest BCUT2D eigenvalue weighted by atomic mass is 32.1. The minimum absolute atomic E-state index is 0.0856. The Morgan fingerprint density at radius 1 is 1.29 bits per heavy atom. The molecular formula is C24H22N2O7S. The van der Waals surface area contributed by atoms with Crippen LogP contribution in [0.4, 0.5) is 5.69 Å². The Kier molecular flexibility index (Phi) is 6.75. The fourth-order valence-electron chi connectivity index (χ4n) is 3.32. The third-order valence-electron chi connectivity index (χ3n) is 5.14. The van der Waals surface area contributed by atoms with Crippen LogP contribution in [0.1, 0.15) is 24.3 Å². The molecule has 10 heteroatoms. The van der Waals surface area contributed by atoms with E-state index in [1.807, 2.05) is 13.8 Å². The van der Waals surface area contributed by atoms with E-state index >= 15 is 0 Å². The Hall–Kier alpha value is -3.57. The van der Waals surface area contributed by atoms with E-state index in [0.29, 0.717) is 33.7 Å². The molecule has 0 aliphatic carbocycles. The molecule has 2 aromatic heterocycles. The standard InChI is InChI=1S/C24H22N2O7S/c1-4-15-9-18-21(31-12-19(22(18)27)23-25-11-13(2)34-23)10-20(15)32-14(3)24(28)33-17-7-5-16(6-8-17)26(29)30/h5-12,14,26,29H,4H2,1-3H3/t14-/m0/s1. The zero-order chi connectivity index (χ0) is 24.4. The van der Waals surface area contributed by atoms with Crippen molar-refractivity contribution in [2.24, 2.45) is 0 Å². The van der Waals surface area contributed by atoms with Gasteiger partial charge in [0.2, 0.25) is 5.43 Å². The van der Waals surface area contributed by atoms with Crippen LogP contribution in [0.15, 0.2) is 58.1 Å². The predicted octanol–water partition coefficient (Wildman–Crippen LogP) is 3.56. The number of aromatic nitrogens is 1. The fraction of sp³-hybridized carbons (Fsp3) is 0.208. The van der Waals surface area contributed by atoms with Gasteiger partial charge in [0.1, 0.15) is 28.4 Å². The molecule has 2 aromatic carbocycles. The SMILES string of the molecule is CCc1cc2c(=O)c(-c3ncc(C)s3)coc2cc1O[C@@H](C)C(=O)Oc1ccc([NH+]([O-])O)cc1. The molecule has 34 heavy (non-hydrogen) atoms. The van der Waals surface area contributed by atoms with Crippen LogP contribution in [-0.2, 0) is 11.2 Å². The Bertz CT molecular complexity index is 1390. The number of quaternary nitrogens is 1. The number of ether oxygens (including phenoxy) is 2. The number of rotatable bonds is 7. The number of nitrogens with one attached hydrogen (secondary N) is 1. The Morgan fingerprint density at radius 3 is 2.65 bits per heavy atom. The van der Waals surface area contributed by atoms with Gasteiger partial charge in [-0.25, -0.2) is 15.0 Å². The van der Waals surface area contributed by atoms with Crippen molar-refractivity contribution in [2.75, 3.05) is 0 Å². The van der Waals surface area contributed by atoms with Crippen LogP contribution in [0.2, 0.25) is 0 Å². The van der Waals surface area contributed by atoms with Crippen molar-refractivity contribution in [3.63, 3.8) is 0 Å². The lowest BCUT2D eigenvalue weighted by Gasteiger charge is -2.17. The van der Waals surface area contributed by atoms with Gasteiger partial charge in [0.15, 0.2) is 11.8 Å². The molecule has 0 saturated heterocycles. The van der Waals surface area contributed by atoms with Crippen molar-refractivity contribution < 1.29 is 29.1 Å². The normalized spacial score (nSPS) is 13.0. The second-order valence-corrected chi connectivity index (χ2v) is 8.81. The summed E-state index contributed by atoms with van der Waals surface area (Å²) in [5.74, 6) is -0.0431. The first-order valence-electron chi connectivity index (χ1n) is 10.5.